The Morgan fingerprint density at radius 3 is 1.67 bits per heavy atom. The Morgan fingerprint density at radius 1 is 0.733 bits per heavy atom. The lowest BCUT2D eigenvalue weighted by atomic mass is 10.5. The molecule has 0 aromatic rings. The van der Waals surface area contributed by atoms with E-state index in [9.17, 15) is 0 Å². The summed E-state index contributed by atoms with van der Waals surface area (Å²) in [5, 5.41) is 4.08. The Bertz CT molecular complexity index is 126. The molecule has 1 atom stereocenters. The van der Waals surface area contributed by atoms with Crippen molar-refractivity contribution in [3.05, 3.63) is 0 Å². The molecule has 0 rings (SSSR count). The second kappa shape index (κ2) is 13.2. The second-order valence-electron chi connectivity index (χ2n) is 2.29. The molecule has 0 aromatic heterocycles. The van der Waals surface area contributed by atoms with Crippen molar-refractivity contribution in [2.24, 2.45) is 0 Å². The maximum absolute atomic E-state index is 4.29. The van der Waals surface area contributed by atoms with Crippen LogP contribution in [0.25, 0.3) is 0 Å². The zero-order chi connectivity index (χ0) is 11.5. The van der Waals surface area contributed by atoms with E-state index in [1.807, 2.05) is 47.0 Å². The van der Waals surface area contributed by atoms with Crippen LogP contribution in [0.5, 0.6) is 0 Å². The van der Waals surface area contributed by atoms with Crippen molar-refractivity contribution in [3.8, 4) is 0 Å². The first-order valence-corrected chi connectivity index (χ1v) is 11.0. The zero-order valence-electron chi connectivity index (χ0n) is 8.11. The standard InChI is InChI=1S/C7H16S8/c8-2-12-1-6(13-3-9)7(14-4-10)15-5-11/h6-11H,1-5H2. The van der Waals surface area contributed by atoms with Gasteiger partial charge in [0.25, 0.3) is 0 Å². The predicted octanol–water partition coefficient (Wildman–Crippen LogP) is 4.16. The van der Waals surface area contributed by atoms with Gasteiger partial charge in [-0.25, -0.2) is 0 Å². The van der Waals surface area contributed by atoms with Gasteiger partial charge in [0.2, 0.25) is 0 Å². The smallest absolute Gasteiger partial charge is 0.0645 e. The molecule has 0 N–H and O–H groups in total. The van der Waals surface area contributed by atoms with Crippen molar-refractivity contribution >= 4 is 97.6 Å². The van der Waals surface area contributed by atoms with Gasteiger partial charge in [0.15, 0.2) is 0 Å². The summed E-state index contributed by atoms with van der Waals surface area (Å²) in [5.41, 5.74) is 0. The highest BCUT2D eigenvalue weighted by molar-refractivity contribution is 8.24. The fourth-order valence-electron chi connectivity index (χ4n) is 0.880. The van der Waals surface area contributed by atoms with Crippen LogP contribution in [0.1, 0.15) is 0 Å². The van der Waals surface area contributed by atoms with Crippen molar-refractivity contribution in [1.82, 2.24) is 0 Å². The average Bonchev–Trinajstić information content (AvgIpc) is 2.24. The molecule has 0 saturated heterocycles. The van der Waals surface area contributed by atoms with Crippen molar-refractivity contribution < 1.29 is 0 Å². The Kier molecular flexibility index (Phi) is 15.7. The number of rotatable bonds is 10. The van der Waals surface area contributed by atoms with Crippen LogP contribution in [0.2, 0.25) is 0 Å². The Balaban J connectivity index is 4.09. The Morgan fingerprint density at radius 2 is 1.27 bits per heavy atom. The second-order valence-corrected chi connectivity index (χ2v) is 10.1. The quantitative estimate of drug-likeness (QED) is 0.342. The lowest BCUT2D eigenvalue weighted by molar-refractivity contribution is 1.10. The monoisotopic (exact) mass is 356 g/mol. The molecule has 0 aromatic carbocycles. The maximum Gasteiger partial charge on any atom is 0.0645 e. The van der Waals surface area contributed by atoms with Gasteiger partial charge in [0.1, 0.15) is 0 Å². The highest BCUT2D eigenvalue weighted by Crippen LogP contribution is 2.36. The van der Waals surface area contributed by atoms with Crippen molar-refractivity contribution in [2.75, 3.05) is 26.1 Å². The average molecular weight is 357 g/mol. The van der Waals surface area contributed by atoms with Gasteiger partial charge in [-0.2, -0.15) is 62.3 Å². The molecule has 0 bridgehead atoms. The first kappa shape index (κ1) is 17.8. The SMILES string of the molecule is SCSCC(SCS)C(SCS)SCS. The number of hydrogen-bond donors (Lipinski definition) is 4. The van der Waals surface area contributed by atoms with E-state index >= 15 is 0 Å². The van der Waals surface area contributed by atoms with Gasteiger partial charge in [-0.15, -0.1) is 35.3 Å². The van der Waals surface area contributed by atoms with Gasteiger partial charge in [-0.3, -0.25) is 0 Å². The maximum atomic E-state index is 4.29. The third kappa shape index (κ3) is 9.39. The molecule has 0 radical (unpaired) electrons. The van der Waals surface area contributed by atoms with Crippen molar-refractivity contribution in [2.45, 2.75) is 9.83 Å². The summed E-state index contributed by atoms with van der Waals surface area (Å²) in [6, 6.07) is 0. The molecule has 8 heteroatoms. The van der Waals surface area contributed by atoms with Gasteiger partial charge >= 0.3 is 0 Å². The first-order valence-electron chi connectivity index (χ1n) is 4.16. The number of thioether (sulfide) groups is 4. The van der Waals surface area contributed by atoms with Crippen LogP contribution in [0, 0.1) is 0 Å². The van der Waals surface area contributed by atoms with E-state index < -0.39 is 0 Å². The van der Waals surface area contributed by atoms with Gasteiger partial charge in [0.05, 0.1) is 4.58 Å². The van der Waals surface area contributed by atoms with E-state index in [1.54, 1.807) is 0 Å². The van der Waals surface area contributed by atoms with Crippen LogP contribution in [0.3, 0.4) is 0 Å². The molecular weight excluding hydrogens is 341 g/mol. The molecule has 0 aliphatic heterocycles. The molecular formula is C7H16S8. The van der Waals surface area contributed by atoms with Crippen LogP contribution in [-0.4, -0.2) is 35.9 Å². The van der Waals surface area contributed by atoms with Crippen molar-refractivity contribution in [1.29, 1.82) is 0 Å². The summed E-state index contributed by atoms with van der Waals surface area (Å²) in [6.45, 7) is 0. The lowest BCUT2D eigenvalue weighted by Gasteiger charge is -2.24. The minimum atomic E-state index is 0.560. The molecule has 0 aliphatic carbocycles. The molecule has 0 spiro atoms. The molecule has 0 heterocycles. The Hall–Kier alpha value is 2.80. The van der Waals surface area contributed by atoms with E-state index in [1.165, 1.54) is 0 Å². The molecule has 0 fully saturated rings. The normalized spacial score (nSPS) is 13.4. The van der Waals surface area contributed by atoms with E-state index in [0.29, 0.717) is 9.83 Å². The summed E-state index contributed by atoms with van der Waals surface area (Å²) < 4.78 is 0.560. The molecule has 0 nitrogen and oxygen atoms in total. The van der Waals surface area contributed by atoms with E-state index in [-0.39, 0.29) is 0 Å². The van der Waals surface area contributed by atoms with Gasteiger partial charge in [-0.05, 0) is 0 Å². The third-order valence-corrected chi connectivity index (χ3v) is 8.11. The number of thiol groups is 4. The zero-order valence-corrected chi connectivity index (χ0v) is 15.0. The highest BCUT2D eigenvalue weighted by Gasteiger charge is 2.21. The molecule has 0 saturated carbocycles. The summed E-state index contributed by atoms with van der Waals surface area (Å²) in [4.78, 5) is 0. The fourth-order valence-corrected chi connectivity index (χ4v) is 7.79. The minimum Gasteiger partial charge on any atom is -0.168 e. The first-order chi connectivity index (χ1) is 7.29. The van der Waals surface area contributed by atoms with Crippen LogP contribution in [0.4, 0.5) is 0 Å². The number of hydrogen-bond acceptors (Lipinski definition) is 8. The van der Waals surface area contributed by atoms with E-state index in [2.05, 4.69) is 50.5 Å². The fraction of sp³-hybridized carbons (Fsp3) is 1.00. The topological polar surface area (TPSA) is 0 Å². The Labute approximate surface area is 132 Å². The summed E-state index contributed by atoms with van der Waals surface area (Å²) in [6.07, 6.45) is 0. The molecule has 0 aliphatic rings. The van der Waals surface area contributed by atoms with Gasteiger partial charge in [0, 0.05) is 31.3 Å². The third-order valence-electron chi connectivity index (χ3n) is 1.44. The largest absolute Gasteiger partial charge is 0.168 e. The summed E-state index contributed by atoms with van der Waals surface area (Å²) >= 11 is 24.6. The summed E-state index contributed by atoms with van der Waals surface area (Å²) in [5.74, 6) is 1.13. The minimum absolute atomic E-state index is 0.560. The molecule has 15 heavy (non-hydrogen) atoms. The van der Waals surface area contributed by atoms with E-state index in [0.717, 1.165) is 26.1 Å². The van der Waals surface area contributed by atoms with Gasteiger partial charge < -0.3 is 0 Å². The predicted molar refractivity (Wildman–Crippen MR) is 98.2 cm³/mol. The summed E-state index contributed by atoms with van der Waals surface area (Å²) in [7, 11) is 0. The lowest BCUT2D eigenvalue weighted by Crippen LogP contribution is -2.20. The molecule has 1 unspecified atom stereocenters. The molecule has 0 amide bonds. The van der Waals surface area contributed by atoms with Crippen LogP contribution < -0.4 is 0 Å². The van der Waals surface area contributed by atoms with Crippen LogP contribution >= 0.6 is 97.6 Å². The van der Waals surface area contributed by atoms with Crippen LogP contribution in [0.15, 0.2) is 0 Å². The van der Waals surface area contributed by atoms with E-state index in [4.69, 9.17) is 0 Å². The highest BCUT2D eigenvalue weighted by atomic mass is 32.2. The van der Waals surface area contributed by atoms with Crippen LogP contribution in [-0.2, 0) is 0 Å². The molecule has 92 valence electrons. The van der Waals surface area contributed by atoms with Gasteiger partial charge in [-0.1, -0.05) is 0 Å². The van der Waals surface area contributed by atoms with Crippen molar-refractivity contribution in [3.63, 3.8) is 0 Å².